The molecule has 4 nitrogen and oxygen atoms in total. The molecule has 0 aromatic carbocycles. The van der Waals surface area contributed by atoms with Gasteiger partial charge in [0.1, 0.15) is 0 Å². The molecule has 1 heterocycles. The Hall–Kier alpha value is -0.610. The average molecular weight is 213 g/mol. The molecule has 1 saturated carbocycles. The molecule has 1 aliphatic heterocycles. The maximum Gasteiger partial charge on any atom is 0.308 e. The van der Waals surface area contributed by atoms with Gasteiger partial charge in [0.25, 0.3) is 0 Å². The second kappa shape index (κ2) is 3.76. The molecule has 4 heteroatoms. The Labute approximate surface area is 90.2 Å². The normalized spacial score (nSPS) is 35.9. The smallest absolute Gasteiger partial charge is 0.308 e. The Morgan fingerprint density at radius 2 is 2.20 bits per heavy atom. The summed E-state index contributed by atoms with van der Waals surface area (Å²) in [6, 6.07) is 0.241. The minimum Gasteiger partial charge on any atom is -0.481 e. The fourth-order valence-electron chi connectivity index (χ4n) is 2.54. The average Bonchev–Trinajstić information content (AvgIpc) is 1.97. The van der Waals surface area contributed by atoms with Crippen molar-refractivity contribution in [2.45, 2.75) is 38.3 Å². The summed E-state index contributed by atoms with van der Waals surface area (Å²) in [5.41, 5.74) is -0.128. The van der Waals surface area contributed by atoms with Crippen molar-refractivity contribution in [1.29, 1.82) is 0 Å². The third kappa shape index (κ3) is 2.16. The van der Waals surface area contributed by atoms with Crippen molar-refractivity contribution in [3.8, 4) is 0 Å². The molecule has 15 heavy (non-hydrogen) atoms. The maximum absolute atomic E-state index is 10.9. The first kappa shape index (κ1) is 10.9. The number of hydrogen-bond donors (Lipinski definition) is 1. The van der Waals surface area contributed by atoms with E-state index in [1.165, 1.54) is 0 Å². The second-order valence-electron chi connectivity index (χ2n) is 5.17. The van der Waals surface area contributed by atoms with Crippen molar-refractivity contribution in [2.24, 2.45) is 5.92 Å². The van der Waals surface area contributed by atoms with Gasteiger partial charge in [0.05, 0.1) is 18.1 Å². The number of hydrogen-bond acceptors (Lipinski definition) is 3. The zero-order valence-electron chi connectivity index (χ0n) is 9.40. The van der Waals surface area contributed by atoms with Gasteiger partial charge in [-0.2, -0.15) is 0 Å². The molecular weight excluding hydrogens is 194 g/mol. The van der Waals surface area contributed by atoms with E-state index in [0.717, 1.165) is 32.5 Å². The molecule has 2 aliphatic rings. The Kier molecular flexibility index (Phi) is 2.73. The highest BCUT2D eigenvalue weighted by molar-refractivity contribution is 5.72. The highest BCUT2D eigenvalue weighted by atomic mass is 16.5. The maximum atomic E-state index is 10.9. The van der Waals surface area contributed by atoms with Crippen molar-refractivity contribution in [3.05, 3.63) is 0 Å². The predicted octanol–water partition coefficient (Wildman–Crippen LogP) is 0.960. The molecule has 0 bridgehead atoms. The van der Waals surface area contributed by atoms with Crippen molar-refractivity contribution in [2.75, 3.05) is 19.7 Å². The summed E-state index contributed by atoms with van der Waals surface area (Å²) in [5.74, 6) is -0.797. The van der Waals surface area contributed by atoms with Gasteiger partial charge in [-0.25, -0.2) is 0 Å². The lowest BCUT2D eigenvalue weighted by Gasteiger charge is -2.47. The highest BCUT2D eigenvalue weighted by Gasteiger charge is 2.43. The Morgan fingerprint density at radius 1 is 1.47 bits per heavy atom. The van der Waals surface area contributed by atoms with Crippen molar-refractivity contribution < 1.29 is 14.6 Å². The van der Waals surface area contributed by atoms with E-state index in [1.54, 1.807) is 0 Å². The van der Waals surface area contributed by atoms with E-state index >= 15 is 0 Å². The van der Waals surface area contributed by atoms with E-state index in [9.17, 15) is 4.79 Å². The quantitative estimate of drug-likeness (QED) is 0.742. The van der Waals surface area contributed by atoms with Crippen LogP contribution >= 0.6 is 0 Å². The van der Waals surface area contributed by atoms with Gasteiger partial charge in [-0.15, -0.1) is 0 Å². The summed E-state index contributed by atoms with van der Waals surface area (Å²) >= 11 is 0. The Morgan fingerprint density at radius 3 is 2.67 bits per heavy atom. The van der Waals surface area contributed by atoms with Crippen LogP contribution in [0.25, 0.3) is 0 Å². The molecule has 0 amide bonds. The molecule has 0 spiro atoms. The molecule has 0 aromatic heterocycles. The third-order valence-corrected chi connectivity index (χ3v) is 3.48. The predicted molar refractivity (Wildman–Crippen MR) is 55.8 cm³/mol. The van der Waals surface area contributed by atoms with E-state index in [-0.39, 0.29) is 17.6 Å². The lowest BCUT2D eigenvalue weighted by molar-refractivity contribution is -0.156. The Bertz CT molecular complexity index is 265. The summed E-state index contributed by atoms with van der Waals surface area (Å²) < 4.78 is 5.62. The fourth-order valence-corrected chi connectivity index (χ4v) is 2.54. The summed E-state index contributed by atoms with van der Waals surface area (Å²) in [4.78, 5) is 13.2. The van der Waals surface area contributed by atoms with E-state index in [2.05, 4.69) is 18.7 Å². The SMILES string of the molecule is CC1(C)CN(C2CCC2C(=O)O)CCO1. The van der Waals surface area contributed by atoms with Crippen LogP contribution in [0.1, 0.15) is 26.7 Å². The van der Waals surface area contributed by atoms with Gasteiger partial charge < -0.3 is 9.84 Å². The van der Waals surface area contributed by atoms with Gasteiger partial charge in [0, 0.05) is 19.1 Å². The number of morpholine rings is 1. The van der Waals surface area contributed by atoms with E-state index < -0.39 is 5.97 Å². The van der Waals surface area contributed by atoms with Gasteiger partial charge in [0.15, 0.2) is 0 Å². The molecule has 1 N–H and O–H groups in total. The number of ether oxygens (including phenoxy) is 1. The van der Waals surface area contributed by atoms with Gasteiger partial charge in [-0.05, 0) is 26.7 Å². The molecule has 2 rings (SSSR count). The van der Waals surface area contributed by atoms with Crippen LogP contribution in [0.4, 0.5) is 0 Å². The monoisotopic (exact) mass is 213 g/mol. The number of carbonyl (C=O) groups is 1. The van der Waals surface area contributed by atoms with Crippen LogP contribution in [0.2, 0.25) is 0 Å². The molecule has 1 saturated heterocycles. The zero-order valence-corrected chi connectivity index (χ0v) is 9.40. The second-order valence-corrected chi connectivity index (χ2v) is 5.17. The zero-order chi connectivity index (χ0) is 11.1. The minimum absolute atomic E-state index is 0.128. The van der Waals surface area contributed by atoms with Gasteiger partial charge >= 0.3 is 5.97 Å². The van der Waals surface area contributed by atoms with E-state index in [0.29, 0.717) is 0 Å². The summed E-state index contributed by atoms with van der Waals surface area (Å²) in [5, 5.41) is 9.01. The van der Waals surface area contributed by atoms with Crippen LogP contribution in [0, 0.1) is 5.92 Å². The van der Waals surface area contributed by atoms with Gasteiger partial charge in [-0.3, -0.25) is 9.69 Å². The standard InChI is InChI=1S/C11H19NO3/c1-11(2)7-12(5-6-15-11)9-4-3-8(9)10(13)14/h8-9H,3-7H2,1-2H3,(H,13,14). The molecule has 2 fully saturated rings. The lowest BCUT2D eigenvalue weighted by Crippen LogP contribution is -2.58. The first-order valence-electron chi connectivity index (χ1n) is 5.60. The molecule has 0 aromatic rings. The number of rotatable bonds is 2. The molecular formula is C11H19NO3. The van der Waals surface area contributed by atoms with Crippen molar-refractivity contribution in [3.63, 3.8) is 0 Å². The lowest BCUT2D eigenvalue weighted by atomic mass is 9.78. The number of aliphatic carboxylic acids is 1. The van der Waals surface area contributed by atoms with Crippen molar-refractivity contribution >= 4 is 5.97 Å². The molecule has 86 valence electrons. The number of carboxylic acids is 1. The number of nitrogens with zero attached hydrogens (tertiary/aromatic N) is 1. The minimum atomic E-state index is -0.643. The first-order chi connectivity index (χ1) is 6.99. The topological polar surface area (TPSA) is 49.8 Å². The van der Waals surface area contributed by atoms with Crippen LogP contribution in [0.15, 0.2) is 0 Å². The van der Waals surface area contributed by atoms with Crippen LogP contribution in [0.3, 0.4) is 0 Å². The third-order valence-electron chi connectivity index (χ3n) is 3.48. The van der Waals surface area contributed by atoms with Crippen LogP contribution in [-0.2, 0) is 9.53 Å². The van der Waals surface area contributed by atoms with E-state index in [1.807, 2.05) is 0 Å². The fraction of sp³-hybridized carbons (Fsp3) is 0.909. The van der Waals surface area contributed by atoms with Gasteiger partial charge in [-0.1, -0.05) is 0 Å². The summed E-state index contributed by atoms with van der Waals surface area (Å²) in [7, 11) is 0. The largest absolute Gasteiger partial charge is 0.481 e. The van der Waals surface area contributed by atoms with Crippen molar-refractivity contribution in [1.82, 2.24) is 4.90 Å². The van der Waals surface area contributed by atoms with Gasteiger partial charge in [0.2, 0.25) is 0 Å². The highest BCUT2D eigenvalue weighted by Crippen LogP contribution is 2.34. The molecule has 0 radical (unpaired) electrons. The molecule has 2 unspecified atom stereocenters. The van der Waals surface area contributed by atoms with E-state index in [4.69, 9.17) is 9.84 Å². The molecule has 1 aliphatic carbocycles. The van der Waals surface area contributed by atoms with Crippen LogP contribution in [0.5, 0.6) is 0 Å². The van der Waals surface area contributed by atoms with Crippen LogP contribution in [-0.4, -0.2) is 47.3 Å². The molecule has 2 atom stereocenters. The number of carboxylic acid groups (broad SMARTS) is 1. The first-order valence-corrected chi connectivity index (χ1v) is 5.60. The Balaban J connectivity index is 1.96. The summed E-state index contributed by atoms with van der Waals surface area (Å²) in [6.45, 7) is 6.57. The summed E-state index contributed by atoms with van der Waals surface area (Å²) in [6.07, 6.45) is 1.85. The van der Waals surface area contributed by atoms with Crippen LogP contribution < -0.4 is 0 Å².